The molecule has 0 radical (unpaired) electrons. The van der Waals surface area contributed by atoms with Crippen molar-refractivity contribution in [3.05, 3.63) is 94.7 Å². The zero-order valence-electron chi connectivity index (χ0n) is 35.8. The van der Waals surface area contributed by atoms with E-state index >= 15 is 0 Å². The normalized spacial score (nSPS) is 18.7. The monoisotopic (exact) mass is 932 g/mol. The molecule has 2 amide bonds. The van der Waals surface area contributed by atoms with E-state index in [1.54, 1.807) is 42.2 Å². The van der Waals surface area contributed by atoms with Crippen molar-refractivity contribution in [1.82, 2.24) is 9.64 Å². The van der Waals surface area contributed by atoms with E-state index in [2.05, 4.69) is 20.8 Å². The van der Waals surface area contributed by atoms with Gasteiger partial charge in [-0.15, -0.1) is 5.06 Å². The highest BCUT2D eigenvalue weighted by Gasteiger charge is 2.44. The molecule has 1 fully saturated rings. The fourth-order valence-electron chi connectivity index (χ4n) is 7.86. The Morgan fingerprint density at radius 1 is 0.889 bits per heavy atom. The minimum atomic E-state index is -4.65. The zero-order chi connectivity index (χ0) is 46.5. The molecule has 3 N–H and O–H groups in total. The lowest BCUT2D eigenvalue weighted by Gasteiger charge is -2.30. The quantitative estimate of drug-likeness (QED) is 0.0635. The molecule has 342 valence electrons. The third-order valence-corrected chi connectivity index (χ3v) is 13.4. The summed E-state index contributed by atoms with van der Waals surface area (Å²) in [7, 11) is -13.1. The fraction of sp³-hybridized carbons (Fsp3) is 0.442. The van der Waals surface area contributed by atoms with Gasteiger partial charge < -0.3 is 14.2 Å². The van der Waals surface area contributed by atoms with Gasteiger partial charge in [0.15, 0.2) is 0 Å². The van der Waals surface area contributed by atoms with E-state index in [0.717, 1.165) is 16.5 Å². The molecule has 1 aromatic rings. The molecule has 1 saturated heterocycles. The highest BCUT2D eigenvalue weighted by Crippen LogP contribution is 2.51. The van der Waals surface area contributed by atoms with Gasteiger partial charge in [-0.3, -0.25) is 23.2 Å². The predicted octanol–water partition coefficient (Wildman–Crippen LogP) is 5.29. The minimum absolute atomic E-state index is 0.0124. The number of carbonyl (C=O) groups is 3. The molecule has 0 aromatic heterocycles. The molecule has 0 bridgehead atoms. The number of carbonyl (C=O) groups excluding carboxylic acids is 3. The Balaban J connectivity index is 1.51. The van der Waals surface area contributed by atoms with E-state index in [9.17, 15) is 53.3 Å². The Kier molecular flexibility index (Phi) is 15.1. The van der Waals surface area contributed by atoms with Crippen LogP contribution in [-0.2, 0) is 60.4 Å². The maximum absolute atomic E-state index is 12.8. The van der Waals surface area contributed by atoms with Crippen LogP contribution in [0.1, 0.15) is 96.5 Å². The molecular weight excluding hydrogens is 879 g/mol. The number of amides is 2. The van der Waals surface area contributed by atoms with Crippen LogP contribution in [0, 0.1) is 0 Å². The second-order valence-electron chi connectivity index (χ2n) is 16.7. The zero-order valence-corrected chi connectivity index (χ0v) is 38.3. The number of anilines is 1. The van der Waals surface area contributed by atoms with Crippen LogP contribution >= 0.6 is 0 Å². The molecule has 3 heterocycles. The van der Waals surface area contributed by atoms with Crippen molar-refractivity contribution in [1.29, 1.82) is 0 Å². The van der Waals surface area contributed by atoms with E-state index in [1.165, 1.54) is 18.2 Å². The number of fused-ring (bicyclic) bond motifs is 2. The SMILES string of the molecule is CC[N+](CCCS(=O)(=O)O)=c1ccc2c(C(C)(C)C)cc(C=CC=CC=C3N(CCCS(=O)(=O)O)c4ccc(S(=O)(=O)O)cc4C3(C)CCCC(=O)ON3C(=O)CCC3=O)oc-2c1. The van der Waals surface area contributed by atoms with Crippen molar-refractivity contribution in [2.75, 3.05) is 36.0 Å². The van der Waals surface area contributed by atoms with E-state index in [1.807, 2.05) is 35.8 Å². The highest BCUT2D eigenvalue weighted by atomic mass is 32.2. The number of rotatable bonds is 18. The molecule has 1 atom stereocenters. The van der Waals surface area contributed by atoms with Crippen LogP contribution in [0.4, 0.5) is 5.69 Å². The van der Waals surface area contributed by atoms with Crippen molar-refractivity contribution >= 4 is 59.9 Å². The Labute approximate surface area is 368 Å². The first kappa shape index (κ1) is 49.0. The summed E-state index contributed by atoms with van der Waals surface area (Å²) in [6.07, 6.45) is 8.95. The molecule has 63 heavy (non-hydrogen) atoms. The number of imide groups is 1. The Bertz CT molecular complexity index is 2710. The first-order valence-corrected chi connectivity index (χ1v) is 25.0. The first-order chi connectivity index (χ1) is 29.3. The lowest BCUT2D eigenvalue weighted by molar-refractivity contribution is -0.197. The Morgan fingerprint density at radius 3 is 2.17 bits per heavy atom. The van der Waals surface area contributed by atoms with Crippen molar-refractivity contribution in [3.8, 4) is 11.3 Å². The molecule has 0 spiro atoms. The Morgan fingerprint density at radius 2 is 1.56 bits per heavy atom. The highest BCUT2D eigenvalue weighted by molar-refractivity contribution is 7.86. The van der Waals surface area contributed by atoms with Crippen LogP contribution < -0.4 is 14.8 Å². The maximum atomic E-state index is 12.8. The molecule has 1 unspecified atom stereocenters. The van der Waals surface area contributed by atoms with Crippen LogP contribution in [0.25, 0.3) is 17.4 Å². The average Bonchev–Trinajstić information content (AvgIpc) is 3.61. The number of benzene rings is 2. The van der Waals surface area contributed by atoms with E-state index < -0.39 is 59.3 Å². The number of allylic oxidation sites excluding steroid dienone is 5. The van der Waals surface area contributed by atoms with Gasteiger partial charge in [0.25, 0.3) is 42.2 Å². The van der Waals surface area contributed by atoms with E-state index in [4.69, 9.17) is 9.25 Å². The van der Waals surface area contributed by atoms with Gasteiger partial charge in [0.1, 0.15) is 24.6 Å². The van der Waals surface area contributed by atoms with Crippen LogP contribution in [0.5, 0.6) is 0 Å². The molecular formula is C43H54N3O14S3+. The van der Waals surface area contributed by atoms with Crippen LogP contribution in [0.2, 0.25) is 0 Å². The summed E-state index contributed by atoms with van der Waals surface area (Å²) in [5, 5.41) is 1.27. The van der Waals surface area contributed by atoms with Gasteiger partial charge in [-0.1, -0.05) is 39.0 Å². The van der Waals surface area contributed by atoms with E-state index in [-0.39, 0.29) is 67.6 Å². The largest absolute Gasteiger partial charge is 0.456 e. The minimum Gasteiger partial charge on any atom is -0.456 e. The van der Waals surface area contributed by atoms with Crippen molar-refractivity contribution in [2.45, 2.75) is 95.3 Å². The summed E-state index contributed by atoms with van der Waals surface area (Å²) in [4.78, 5) is 43.3. The number of nitrogens with zero attached hydrogens (tertiary/aromatic N) is 3. The number of hydrogen-bond acceptors (Lipinski definition) is 12. The van der Waals surface area contributed by atoms with Gasteiger partial charge in [0, 0.05) is 60.7 Å². The lowest BCUT2D eigenvalue weighted by Crippen LogP contribution is -2.32. The predicted molar refractivity (Wildman–Crippen MR) is 235 cm³/mol. The molecule has 1 aliphatic carbocycles. The van der Waals surface area contributed by atoms with Crippen molar-refractivity contribution < 1.29 is 62.5 Å². The molecule has 1 aromatic carbocycles. The second kappa shape index (κ2) is 19.4. The summed E-state index contributed by atoms with van der Waals surface area (Å²) >= 11 is 0. The number of hydrogen-bond donors (Lipinski definition) is 3. The molecule has 4 aliphatic rings. The smallest absolute Gasteiger partial charge is 0.333 e. The number of hydroxylamine groups is 2. The van der Waals surface area contributed by atoms with Crippen molar-refractivity contribution in [3.63, 3.8) is 0 Å². The fourth-order valence-corrected chi connectivity index (χ4v) is 9.35. The van der Waals surface area contributed by atoms with E-state index in [0.29, 0.717) is 46.6 Å². The summed E-state index contributed by atoms with van der Waals surface area (Å²) in [5.74, 6) is -1.85. The summed E-state index contributed by atoms with van der Waals surface area (Å²) in [5.41, 5.74) is 2.14. The molecule has 5 rings (SSSR count). The van der Waals surface area contributed by atoms with Gasteiger partial charge in [0.05, 0.1) is 22.5 Å². The molecule has 3 aliphatic heterocycles. The molecule has 20 heteroatoms. The standard InChI is InChI=1S/C43H53N3O14S3/c1-6-44(23-11-25-61(50,51)52)30-16-18-33-34(42(2,3)4)28-31(59-37(33)27-30)13-8-7-9-14-38-43(5,22-10-15-41(49)60-46-39(47)20-21-40(46)48)35-29-32(63(56,57)58)17-19-36(35)45(38)24-12-26-62(53,54)55/h7-9,13-14,16-19,27-29H,6,10-12,15,20-26H2,1-5H3,(H2-,50,51,52,53,54,55,56,57,58)/p+1. The Hall–Kier alpha value is -4.99. The van der Waals surface area contributed by atoms with Gasteiger partial charge in [0.2, 0.25) is 5.36 Å². The summed E-state index contributed by atoms with van der Waals surface area (Å²) in [6, 6.07) is 11.8. The van der Waals surface area contributed by atoms with Gasteiger partial charge in [-0.25, -0.2) is 9.37 Å². The van der Waals surface area contributed by atoms with Crippen LogP contribution in [-0.4, -0.2) is 92.9 Å². The maximum Gasteiger partial charge on any atom is 0.333 e. The van der Waals surface area contributed by atoms with Gasteiger partial charge in [-0.2, -0.15) is 25.3 Å². The van der Waals surface area contributed by atoms with Crippen LogP contribution in [0.15, 0.2) is 81.8 Å². The van der Waals surface area contributed by atoms with Crippen molar-refractivity contribution in [2.24, 2.45) is 0 Å². The summed E-state index contributed by atoms with van der Waals surface area (Å²) in [6.45, 7) is 11.1. The van der Waals surface area contributed by atoms with Gasteiger partial charge in [-0.05, 0) is 92.1 Å². The van der Waals surface area contributed by atoms with Crippen LogP contribution in [0.3, 0.4) is 0 Å². The van der Waals surface area contributed by atoms with Gasteiger partial charge >= 0.3 is 5.97 Å². The second-order valence-corrected chi connectivity index (χ2v) is 21.2. The summed E-state index contributed by atoms with van der Waals surface area (Å²) < 4.78 is 108. The third-order valence-electron chi connectivity index (χ3n) is 10.9. The lowest BCUT2D eigenvalue weighted by atomic mass is 9.77. The molecule has 0 saturated carbocycles. The topological polar surface area (TPSA) is 246 Å². The first-order valence-electron chi connectivity index (χ1n) is 20.4. The average molecular weight is 933 g/mol. The third kappa shape index (κ3) is 12.6. The molecule has 17 nitrogen and oxygen atoms in total.